The summed E-state index contributed by atoms with van der Waals surface area (Å²) in [5.41, 5.74) is 1.88. The summed E-state index contributed by atoms with van der Waals surface area (Å²) in [7, 11) is 0. The van der Waals surface area contributed by atoms with Gasteiger partial charge in [0.1, 0.15) is 11.4 Å². The van der Waals surface area contributed by atoms with Gasteiger partial charge in [0.05, 0.1) is 0 Å². The smallest absolute Gasteiger partial charge is 0.407 e. The molecule has 0 heterocycles. The lowest BCUT2D eigenvalue weighted by molar-refractivity contribution is 0.0500. The first-order chi connectivity index (χ1) is 8.83. The molecule has 0 saturated carbocycles. The molecule has 104 valence electrons. The molecule has 0 spiro atoms. The fraction of sp³-hybridized carbons (Fsp3) is 0.533. The molecule has 1 unspecified atom stereocenters. The Morgan fingerprint density at radius 3 is 2.79 bits per heavy atom. The number of rotatable bonds is 1. The van der Waals surface area contributed by atoms with E-state index in [0.717, 1.165) is 24.8 Å². The average molecular weight is 263 g/mol. The van der Waals surface area contributed by atoms with Crippen LogP contribution in [0.4, 0.5) is 4.79 Å². The summed E-state index contributed by atoms with van der Waals surface area (Å²) < 4.78 is 5.25. The highest BCUT2D eigenvalue weighted by Gasteiger charge is 2.23. The van der Waals surface area contributed by atoms with E-state index in [1.807, 2.05) is 26.8 Å². The van der Waals surface area contributed by atoms with Crippen LogP contribution in [0.1, 0.15) is 38.3 Å². The third-order valence-electron chi connectivity index (χ3n) is 3.14. The third-order valence-corrected chi connectivity index (χ3v) is 3.14. The van der Waals surface area contributed by atoms with Crippen LogP contribution < -0.4 is 5.32 Å². The molecule has 1 aromatic rings. The molecule has 1 atom stereocenters. The zero-order chi connectivity index (χ0) is 14.0. The SMILES string of the molecule is CC(C)(C)OC(=O)NC1CCc2ccc(O)cc2C1. The molecule has 4 nitrogen and oxygen atoms in total. The summed E-state index contributed by atoms with van der Waals surface area (Å²) in [5, 5.41) is 12.4. The molecule has 4 heteroatoms. The van der Waals surface area contributed by atoms with E-state index < -0.39 is 5.60 Å². The molecular formula is C15H21NO3. The summed E-state index contributed by atoms with van der Waals surface area (Å²) >= 11 is 0. The van der Waals surface area contributed by atoms with Crippen LogP contribution in [-0.4, -0.2) is 22.8 Å². The number of nitrogens with one attached hydrogen (secondary N) is 1. The summed E-state index contributed by atoms with van der Waals surface area (Å²) in [6.45, 7) is 5.54. The van der Waals surface area contributed by atoms with Crippen LogP contribution in [0, 0.1) is 0 Å². The zero-order valence-corrected chi connectivity index (χ0v) is 11.7. The third kappa shape index (κ3) is 3.88. The molecule has 1 amide bonds. The van der Waals surface area contributed by atoms with Crippen LogP contribution in [0.15, 0.2) is 18.2 Å². The lowest BCUT2D eigenvalue weighted by atomic mass is 9.88. The van der Waals surface area contributed by atoms with Crippen molar-refractivity contribution in [3.8, 4) is 5.75 Å². The van der Waals surface area contributed by atoms with Gasteiger partial charge in [-0.3, -0.25) is 0 Å². The number of phenols is 1. The highest BCUT2D eigenvalue weighted by atomic mass is 16.6. The maximum atomic E-state index is 11.7. The van der Waals surface area contributed by atoms with Crippen LogP contribution in [-0.2, 0) is 17.6 Å². The van der Waals surface area contributed by atoms with Crippen molar-refractivity contribution >= 4 is 6.09 Å². The fourth-order valence-corrected chi connectivity index (χ4v) is 2.34. The Morgan fingerprint density at radius 1 is 1.37 bits per heavy atom. The predicted molar refractivity (Wildman–Crippen MR) is 73.3 cm³/mol. The van der Waals surface area contributed by atoms with Gasteiger partial charge in [-0.1, -0.05) is 6.07 Å². The molecule has 1 aromatic carbocycles. The monoisotopic (exact) mass is 263 g/mol. The van der Waals surface area contributed by atoms with Crippen molar-refractivity contribution in [1.29, 1.82) is 0 Å². The standard InChI is InChI=1S/C15H21NO3/c1-15(2,3)19-14(18)16-12-6-4-10-5-7-13(17)9-11(10)8-12/h5,7,9,12,17H,4,6,8H2,1-3H3,(H,16,18). The van der Waals surface area contributed by atoms with Crippen LogP contribution in [0.5, 0.6) is 5.75 Å². The van der Waals surface area contributed by atoms with E-state index in [-0.39, 0.29) is 17.9 Å². The molecule has 0 aliphatic heterocycles. The van der Waals surface area contributed by atoms with Crippen LogP contribution in [0.25, 0.3) is 0 Å². The van der Waals surface area contributed by atoms with E-state index >= 15 is 0 Å². The molecule has 0 bridgehead atoms. The number of aryl methyl sites for hydroxylation is 1. The molecule has 2 rings (SSSR count). The quantitative estimate of drug-likeness (QED) is 0.819. The molecule has 2 N–H and O–H groups in total. The van der Waals surface area contributed by atoms with Gasteiger partial charge in [0.25, 0.3) is 0 Å². The number of carbonyl (C=O) groups is 1. The van der Waals surface area contributed by atoms with Gasteiger partial charge in [-0.15, -0.1) is 0 Å². The van der Waals surface area contributed by atoms with E-state index in [1.165, 1.54) is 5.56 Å². The van der Waals surface area contributed by atoms with Gasteiger partial charge in [-0.25, -0.2) is 4.79 Å². The van der Waals surface area contributed by atoms with Gasteiger partial charge in [0, 0.05) is 6.04 Å². The number of alkyl carbamates (subject to hydrolysis) is 1. The van der Waals surface area contributed by atoms with E-state index in [4.69, 9.17) is 4.74 Å². The summed E-state index contributed by atoms with van der Waals surface area (Å²) in [4.78, 5) is 11.7. The van der Waals surface area contributed by atoms with E-state index in [2.05, 4.69) is 5.32 Å². The topological polar surface area (TPSA) is 58.6 Å². The Kier molecular flexibility index (Phi) is 3.69. The second-order valence-electron chi connectivity index (χ2n) is 6.04. The summed E-state index contributed by atoms with van der Waals surface area (Å²) in [6.07, 6.45) is 2.18. The molecule has 1 aliphatic carbocycles. The first-order valence-corrected chi connectivity index (χ1v) is 6.64. The first kappa shape index (κ1) is 13.7. The van der Waals surface area contributed by atoms with Crippen molar-refractivity contribution in [1.82, 2.24) is 5.32 Å². The molecule has 19 heavy (non-hydrogen) atoms. The minimum Gasteiger partial charge on any atom is -0.508 e. The minimum absolute atomic E-state index is 0.0733. The van der Waals surface area contributed by atoms with Crippen LogP contribution in [0.3, 0.4) is 0 Å². The van der Waals surface area contributed by atoms with Crippen molar-refractivity contribution in [3.05, 3.63) is 29.3 Å². The first-order valence-electron chi connectivity index (χ1n) is 6.64. The summed E-state index contributed by atoms with van der Waals surface area (Å²) in [5.74, 6) is 0.275. The molecular weight excluding hydrogens is 242 g/mol. The molecule has 0 aromatic heterocycles. The van der Waals surface area contributed by atoms with Crippen molar-refractivity contribution < 1.29 is 14.6 Å². The van der Waals surface area contributed by atoms with Gasteiger partial charge in [0.15, 0.2) is 0 Å². The molecule has 0 radical (unpaired) electrons. The van der Waals surface area contributed by atoms with Gasteiger partial charge < -0.3 is 15.2 Å². The van der Waals surface area contributed by atoms with E-state index in [9.17, 15) is 9.90 Å². The number of benzene rings is 1. The molecule has 0 saturated heterocycles. The number of hydrogen-bond acceptors (Lipinski definition) is 3. The second-order valence-corrected chi connectivity index (χ2v) is 6.04. The van der Waals surface area contributed by atoms with Crippen molar-refractivity contribution in [3.63, 3.8) is 0 Å². The number of carbonyl (C=O) groups excluding carboxylic acids is 1. The predicted octanol–water partition coefficient (Wildman–Crippen LogP) is 2.77. The van der Waals surface area contributed by atoms with Crippen molar-refractivity contribution in [2.45, 2.75) is 51.7 Å². The Labute approximate surface area is 113 Å². The van der Waals surface area contributed by atoms with Crippen LogP contribution in [0.2, 0.25) is 0 Å². The highest BCUT2D eigenvalue weighted by Crippen LogP contribution is 2.25. The zero-order valence-electron chi connectivity index (χ0n) is 11.7. The fourth-order valence-electron chi connectivity index (χ4n) is 2.34. The maximum Gasteiger partial charge on any atom is 0.407 e. The number of amides is 1. The number of hydrogen-bond donors (Lipinski definition) is 2. The van der Waals surface area contributed by atoms with Gasteiger partial charge in [-0.2, -0.15) is 0 Å². The Morgan fingerprint density at radius 2 is 2.11 bits per heavy atom. The minimum atomic E-state index is -0.477. The number of ether oxygens (including phenoxy) is 1. The lowest BCUT2D eigenvalue weighted by Crippen LogP contribution is -2.41. The van der Waals surface area contributed by atoms with Crippen molar-refractivity contribution in [2.24, 2.45) is 0 Å². The molecule has 1 aliphatic rings. The lowest BCUT2D eigenvalue weighted by Gasteiger charge is -2.27. The number of phenolic OH excluding ortho intramolecular Hbond substituents is 1. The maximum absolute atomic E-state index is 11.7. The van der Waals surface area contributed by atoms with Gasteiger partial charge in [-0.05, 0) is 63.3 Å². The number of aromatic hydroxyl groups is 1. The Bertz CT molecular complexity index is 477. The largest absolute Gasteiger partial charge is 0.508 e. The molecule has 0 fully saturated rings. The second kappa shape index (κ2) is 5.11. The highest BCUT2D eigenvalue weighted by molar-refractivity contribution is 5.68. The number of fused-ring (bicyclic) bond motifs is 1. The normalized spacial score (nSPS) is 18.6. The van der Waals surface area contributed by atoms with Crippen LogP contribution >= 0.6 is 0 Å². The van der Waals surface area contributed by atoms with E-state index in [1.54, 1.807) is 12.1 Å². The Hall–Kier alpha value is -1.71. The van der Waals surface area contributed by atoms with Gasteiger partial charge in [0.2, 0.25) is 0 Å². The Balaban J connectivity index is 1.96. The average Bonchev–Trinajstić information content (AvgIpc) is 2.25. The van der Waals surface area contributed by atoms with Crippen molar-refractivity contribution in [2.75, 3.05) is 0 Å². The van der Waals surface area contributed by atoms with E-state index in [0.29, 0.717) is 0 Å². The summed E-state index contributed by atoms with van der Waals surface area (Å²) in [6, 6.07) is 5.51. The van der Waals surface area contributed by atoms with Gasteiger partial charge >= 0.3 is 6.09 Å².